The van der Waals surface area contributed by atoms with Crippen molar-refractivity contribution in [2.45, 2.75) is 18.2 Å². The van der Waals surface area contributed by atoms with E-state index in [2.05, 4.69) is 5.32 Å². The van der Waals surface area contributed by atoms with E-state index < -0.39 is 29.7 Å². The van der Waals surface area contributed by atoms with Crippen LogP contribution in [-0.2, 0) is 0 Å². The summed E-state index contributed by atoms with van der Waals surface area (Å²) >= 11 is 0. The van der Waals surface area contributed by atoms with Crippen LogP contribution in [0.15, 0.2) is 18.2 Å². The lowest BCUT2D eigenvalue weighted by Crippen LogP contribution is -2.42. The number of aliphatic hydroxyl groups is 1. The van der Waals surface area contributed by atoms with Crippen LogP contribution >= 0.6 is 0 Å². The second-order valence-electron chi connectivity index (χ2n) is 4.38. The van der Waals surface area contributed by atoms with E-state index in [0.29, 0.717) is 0 Å². The largest absolute Gasteiger partial charge is 0.491 e. The van der Waals surface area contributed by atoms with Crippen LogP contribution < -0.4 is 10.1 Å². The molecule has 0 saturated heterocycles. The van der Waals surface area contributed by atoms with Gasteiger partial charge in [0.05, 0.1) is 12.1 Å². The van der Waals surface area contributed by atoms with Gasteiger partial charge in [0.25, 0.3) is 5.91 Å². The van der Waals surface area contributed by atoms with Gasteiger partial charge in [0.2, 0.25) is 0 Å². The molecule has 1 amide bonds. The van der Waals surface area contributed by atoms with Crippen molar-refractivity contribution in [1.29, 1.82) is 0 Å². The first kappa shape index (κ1) is 15.5. The number of halogens is 5. The average molecular weight is 311 g/mol. The smallest absolute Gasteiger partial charge is 0.456 e. The maximum absolute atomic E-state index is 13.1. The van der Waals surface area contributed by atoms with Crippen molar-refractivity contribution >= 4 is 5.91 Å². The number of alkyl halides is 5. The van der Waals surface area contributed by atoms with Crippen LogP contribution in [0.1, 0.15) is 22.0 Å². The maximum Gasteiger partial charge on any atom is 0.456 e. The van der Waals surface area contributed by atoms with Crippen LogP contribution in [0, 0.1) is 0 Å². The van der Waals surface area contributed by atoms with Crippen LogP contribution in [0.3, 0.4) is 0 Å². The Balaban J connectivity index is 2.40. The molecular weight excluding hydrogens is 301 g/mol. The topological polar surface area (TPSA) is 58.6 Å². The minimum atomic E-state index is -5.90. The molecule has 0 aromatic heterocycles. The Morgan fingerprint density at radius 1 is 1.24 bits per heavy atom. The predicted molar refractivity (Wildman–Crippen MR) is 60.2 cm³/mol. The van der Waals surface area contributed by atoms with Gasteiger partial charge < -0.3 is 15.2 Å². The third-order valence-corrected chi connectivity index (χ3v) is 2.93. The molecule has 0 saturated carbocycles. The number of carbonyl (C=O) groups excluding carboxylic acids is 1. The third-order valence-electron chi connectivity index (χ3n) is 2.93. The molecule has 0 bridgehead atoms. The van der Waals surface area contributed by atoms with E-state index in [-0.39, 0.29) is 24.5 Å². The summed E-state index contributed by atoms with van der Waals surface area (Å²) < 4.78 is 68.1. The molecule has 1 unspecified atom stereocenters. The van der Waals surface area contributed by atoms with E-state index in [1.807, 2.05) is 0 Å². The van der Waals surface area contributed by atoms with Crippen molar-refractivity contribution < 1.29 is 36.6 Å². The van der Waals surface area contributed by atoms with Crippen molar-refractivity contribution in [3.63, 3.8) is 0 Å². The molecule has 1 atom stereocenters. The highest BCUT2D eigenvalue weighted by molar-refractivity contribution is 5.97. The van der Waals surface area contributed by atoms with Crippen molar-refractivity contribution in [2.75, 3.05) is 13.2 Å². The molecule has 21 heavy (non-hydrogen) atoms. The first-order valence-corrected chi connectivity index (χ1v) is 5.82. The lowest BCUT2D eigenvalue weighted by molar-refractivity contribution is -0.315. The quantitative estimate of drug-likeness (QED) is 0.822. The summed E-state index contributed by atoms with van der Waals surface area (Å²) in [5.74, 6) is -5.95. The highest BCUT2D eigenvalue weighted by Crippen LogP contribution is 2.44. The van der Waals surface area contributed by atoms with Gasteiger partial charge in [0.15, 0.2) is 6.10 Å². The van der Waals surface area contributed by atoms with Crippen molar-refractivity contribution in [3.8, 4) is 5.75 Å². The highest BCUT2D eigenvalue weighted by Gasteiger charge is 2.62. The molecule has 9 heteroatoms. The molecule has 0 aliphatic carbocycles. The van der Waals surface area contributed by atoms with Gasteiger partial charge >= 0.3 is 12.1 Å². The highest BCUT2D eigenvalue weighted by atomic mass is 19.4. The lowest BCUT2D eigenvalue weighted by atomic mass is 10.00. The molecule has 2 rings (SSSR count). The van der Waals surface area contributed by atoms with Crippen LogP contribution in [-0.4, -0.2) is 36.3 Å². The van der Waals surface area contributed by atoms with Crippen LogP contribution in [0.4, 0.5) is 22.0 Å². The third kappa shape index (κ3) is 2.78. The number of rotatable bonds is 2. The normalized spacial score (nSPS) is 17.3. The summed E-state index contributed by atoms with van der Waals surface area (Å²) in [6.45, 7) is 0.309. The first-order valence-electron chi connectivity index (χ1n) is 5.82. The number of nitrogens with one attached hydrogen (secondary N) is 1. The number of fused-ring (bicyclic) bond motifs is 1. The van der Waals surface area contributed by atoms with Crippen molar-refractivity contribution in [1.82, 2.24) is 5.32 Å². The minimum absolute atomic E-state index is 0.0521. The van der Waals surface area contributed by atoms with E-state index in [1.165, 1.54) is 0 Å². The zero-order chi connectivity index (χ0) is 15.8. The molecule has 1 aliphatic heterocycles. The fraction of sp³-hybridized carbons (Fsp3) is 0.417. The van der Waals surface area contributed by atoms with Gasteiger partial charge in [-0.15, -0.1) is 0 Å². The van der Waals surface area contributed by atoms with Gasteiger partial charge in [-0.1, -0.05) is 6.07 Å². The summed E-state index contributed by atoms with van der Waals surface area (Å²) in [7, 11) is 0. The fourth-order valence-corrected chi connectivity index (χ4v) is 1.81. The molecular formula is C12H10F5NO3. The second-order valence-corrected chi connectivity index (χ2v) is 4.38. The van der Waals surface area contributed by atoms with Gasteiger partial charge in [0.1, 0.15) is 12.4 Å². The summed E-state index contributed by atoms with van der Waals surface area (Å²) in [4.78, 5) is 11.6. The summed E-state index contributed by atoms with van der Waals surface area (Å²) in [6.07, 6.45) is -9.02. The van der Waals surface area contributed by atoms with Crippen LogP contribution in [0.25, 0.3) is 0 Å². The van der Waals surface area contributed by atoms with Gasteiger partial charge in [-0.25, -0.2) is 0 Å². The Hall–Kier alpha value is -1.90. The number of ether oxygens (including phenoxy) is 1. The Kier molecular flexibility index (Phi) is 3.79. The Labute approximate surface area is 115 Å². The number of carbonyl (C=O) groups is 1. The number of benzene rings is 1. The molecule has 116 valence electrons. The van der Waals surface area contributed by atoms with Crippen molar-refractivity contribution in [3.05, 3.63) is 29.3 Å². The standard InChI is InChI=1S/C12H10F5NO3/c13-11(14,12(15,16)17)9(19)6-1-2-8-7(5-6)10(20)18-3-4-21-8/h1-2,5,9,19H,3-4H2,(H,18,20). The zero-order valence-electron chi connectivity index (χ0n) is 10.4. The monoisotopic (exact) mass is 311 g/mol. The van der Waals surface area contributed by atoms with Crippen LogP contribution in [0.2, 0.25) is 0 Å². The summed E-state index contributed by atoms with van der Waals surface area (Å²) in [5, 5.41) is 11.7. The molecule has 1 heterocycles. The molecule has 4 nitrogen and oxygen atoms in total. The maximum atomic E-state index is 13.1. The Bertz CT molecular complexity index is 558. The summed E-state index contributed by atoms with van der Waals surface area (Å²) in [6, 6.07) is 2.70. The SMILES string of the molecule is O=C1NCCOc2ccc(C(O)C(F)(F)C(F)(F)F)cc21. The van der Waals surface area contributed by atoms with E-state index in [4.69, 9.17) is 4.74 Å². The summed E-state index contributed by atoms with van der Waals surface area (Å²) in [5.41, 5.74) is -0.932. The van der Waals surface area contributed by atoms with Crippen LogP contribution in [0.5, 0.6) is 5.75 Å². The average Bonchev–Trinajstić information content (AvgIpc) is 2.58. The minimum Gasteiger partial charge on any atom is -0.491 e. The Morgan fingerprint density at radius 2 is 1.90 bits per heavy atom. The molecule has 1 aliphatic rings. The second kappa shape index (κ2) is 5.14. The van der Waals surface area contributed by atoms with Gasteiger partial charge in [-0.05, 0) is 17.7 Å². The first-order chi connectivity index (χ1) is 9.64. The lowest BCUT2D eigenvalue weighted by Gasteiger charge is -2.25. The van der Waals surface area contributed by atoms with E-state index in [9.17, 15) is 31.9 Å². The molecule has 2 N–H and O–H groups in total. The number of hydrogen-bond acceptors (Lipinski definition) is 3. The van der Waals surface area contributed by atoms with E-state index >= 15 is 0 Å². The van der Waals surface area contributed by atoms with Gasteiger partial charge in [-0.2, -0.15) is 22.0 Å². The number of amides is 1. The number of aliphatic hydroxyl groups excluding tert-OH is 1. The predicted octanol–water partition coefficient (Wildman–Crippen LogP) is 2.04. The van der Waals surface area contributed by atoms with E-state index in [1.54, 1.807) is 0 Å². The molecule has 1 aromatic carbocycles. The molecule has 0 spiro atoms. The molecule has 1 aromatic rings. The van der Waals surface area contributed by atoms with Gasteiger partial charge in [0, 0.05) is 0 Å². The van der Waals surface area contributed by atoms with Crippen molar-refractivity contribution in [2.24, 2.45) is 0 Å². The molecule has 0 radical (unpaired) electrons. The number of hydrogen-bond donors (Lipinski definition) is 2. The zero-order valence-corrected chi connectivity index (χ0v) is 10.4. The van der Waals surface area contributed by atoms with E-state index in [0.717, 1.165) is 18.2 Å². The molecule has 0 fully saturated rings. The van der Waals surface area contributed by atoms with Gasteiger partial charge in [-0.3, -0.25) is 4.79 Å². The Morgan fingerprint density at radius 3 is 2.52 bits per heavy atom. The fourth-order valence-electron chi connectivity index (χ4n) is 1.81.